The third-order valence-corrected chi connectivity index (χ3v) is 6.01. The first-order valence-electron chi connectivity index (χ1n) is 10.7. The molecule has 0 aliphatic carbocycles. The summed E-state index contributed by atoms with van der Waals surface area (Å²) in [4.78, 5) is 5.21. The van der Waals surface area contributed by atoms with Crippen molar-refractivity contribution in [3.63, 3.8) is 0 Å². The van der Waals surface area contributed by atoms with Crippen LogP contribution in [0.1, 0.15) is 35.3 Å². The van der Waals surface area contributed by atoms with Gasteiger partial charge < -0.3 is 34.7 Å². The molecule has 2 aromatic carbocycles. The van der Waals surface area contributed by atoms with E-state index in [-0.39, 0.29) is 0 Å². The maximum absolute atomic E-state index is 10.4. The number of rotatable bonds is 9. The van der Waals surface area contributed by atoms with Gasteiger partial charge in [-0.05, 0) is 41.7 Å². The van der Waals surface area contributed by atoms with Gasteiger partial charge in [0.1, 0.15) is 37.1 Å². The van der Waals surface area contributed by atoms with Crippen LogP contribution in [0.3, 0.4) is 0 Å². The van der Waals surface area contributed by atoms with Gasteiger partial charge in [-0.25, -0.2) is 0 Å². The first kappa shape index (κ1) is 25.6. The number of aliphatic hydroxyl groups excluding tert-OH is 4. The summed E-state index contributed by atoms with van der Waals surface area (Å²) in [7, 11) is 1.60. The van der Waals surface area contributed by atoms with Gasteiger partial charge in [-0.15, -0.1) is 0 Å². The molecule has 1 aliphatic heterocycles. The summed E-state index contributed by atoms with van der Waals surface area (Å²) in [6.45, 7) is 2.24. The van der Waals surface area contributed by atoms with Crippen molar-refractivity contribution < 1.29 is 34.7 Å². The lowest BCUT2D eigenvalue weighted by Crippen LogP contribution is -2.55. The maximum Gasteiger partial charge on any atom is 0.140 e. The van der Waals surface area contributed by atoms with Gasteiger partial charge in [0.2, 0.25) is 0 Å². The molecule has 1 aliphatic rings. The quantitative estimate of drug-likeness (QED) is 0.246. The maximum atomic E-state index is 10.4. The molecule has 180 valence electrons. The summed E-state index contributed by atoms with van der Waals surface area (Å²) in [6, 6.07) is 13.0. The molecular weight excluding hydrogens is 450 g/mol. The molecule has 0 aromatic heterocycles. The summed E-state index contributed by atoms with van der Waals surface area (Å²) in [5, 5.41) is 44.6. The van der Waals surface area contributed by atoms with Crippen molar-refractivity contribution in [3.8, 4) is 0 Å². The largest absolute Gasteiger partial charge is 0.394 e. The average molecular weight is 480 g/mol. The number of benzene rings is 2. The Morgan fingerprint density at radius 3 is 2.42 bits per heavy atom. The molecule has 1 fully saturated rings. The zero-order chi connectivity index (χ0) is 24.0. The highest BCUT2D eigenvalue weighted by atomic mass is 35.5. The third kappa shape index (κ3) is 6.30. The van der Waals surface area contributed by atoms with E-state index in [1.54, 1.807) is 25.3 Å². The molecule has 0 amide bonds. The van der Waals surface area contributed by atoms with Gasteiger partial charge in [0.25, 0.3) is 0 Å². The Labute approximate surface area is 198 Å². The van der Waals surface area contributed by atoms with Crippen molar-refractivity contribution in [2.45, 2.75) is 43.9 Å². The second-order valence-corrected chi connectivity index (χ2v) is 8.38. The van der Waals surface area contributed by atoms with E-state index in [1.165, 1.54) is 0 Å². The highest BCUT2D eigenvalue weighted by Crippen LogP contribution is 2.34. The fraction of sp³-hybridized carbons (Fsp3) is 0.458. The molecule has 3 rings (SSSR count). The van der Waals surface area contributed by atoms with Gasteiger partial charge in [-0.2, -0.15) is 0 Å². The van der Waals surface area contributed by atoms with E-state index in [2.05, 4.69) is 5.16 Å². The van der Waals surface area contributed by atoms with Crippen LogP contribution in [0, 0.1) is 0 Å². The molecule has 4 N–H and O–H groups in total. The topological polar surface area (TPSA) is 121 Å². The lowest BCUT2D eigenvalue weighted by molar-refractivity contribution is -0.231. The standard InChI is InChI=1S/C24H30ClNO7/c1-14(26-32-10-9-31-2)16-5-3-15(4-6-16)11-18-12-17(7-8-19(18)25)24-23(30)22(29)21(28)20(13-27)33-24/h3-8,12,20-24,27-30H,9-11,13H2,1-2H3/b26-14+/t20-,21-,22+,23-,24+/m1/s1. The smallest absolute Gasteiger partial charge is 0.140 e. The van der Waals surface area contributed by atoms with Crippen LogP contribution in [-0.4, -0.2) is 77.5 Å². The van der Waals surface area contributed by atoms with Crippen LogP contribution < -0.4 is 0 Å². The van der Waals surface area contributed by atoms with Crippen LogP contribution in [0.15, 0.2) is 47.6 Å². The van der Waals surface area contributed by atoms with Crippen molar-refractivity contribution in [1.29, 1.82) is 0 Å². The first-order chi connectivity index (χ1) is 15.8. The predicted molar refractivity (Wildman–Crippen MR) is 123 cm³/mol. The summed E-state index contributed by atoms with van der Waals surface area (Å²) in [5.74, 6) is 0. The Kier molecular flexibility index (Phi) is 9.22. The molecule has 1 heterocycles. The molecule has 2 aromatic rings. The molecule has 0 bridgehead atoms. The molecule has 33 heavy (non-hydrogen) atoms. The summed E-state index contributed by atoms with van der Waals surface area (Å²) in [6.07, 6.45) is -5.52. The molecule has 0 spiro atoms. The summed E-state index contributed by atoms with van der Waals surface area (Å²) < 4.78 is 10.6. The van der Waals surface area contributed by atoms with Crippen molar-refractivity contribution in [2.75, 3.05) is 26.9 Å². The Balaban J connectivity index is 1.74. The van der Waals surface area contributed by atoms with E-state index in [4.69, 9.17) is 25.9 Å². The summed E-state index contributed by atoms with van der Waals surface area (Å²) >= 11 is 6.42. The Hall–Kier alpha value is -2.04. The SMILES string of the molecule is COCCO/N=C(\C)c1ccc(Cc2cc([C@@H]3O[C@H](CO)[C@@H](O)[C@H](O)[C@H]3O)ccc2Cl)cc1. The number of oxime groups is 1. The van der Waals surface area contributed by atoms with E-state index >= 15 is 0 Å². The molecule has 8 nitrogen and oxygen atoms in total. The van der Waals surface area contributed by atoms with Gasteiger partial charge in [-0.3, -0.25) is 0 Å². The molecule has 0 saturated carbocycles. The van der Waals surface area contributed by atoms with E-state index in [1.807, 2.05) is 31.2 Å². The number of ether oxygens (including phenoxy) is 2. The van der Waals surface area contributed by atoms with Crippen molar-refractivity contribution in [2.24, 2.45) is 5.16 Å². The fourth-order valence-electron chi connectivity index (χ4n) is 3.68. The number of hydrogen-bond donors (Lipinski definition) is 4. The third-order valence-electron chi connectivity index (χ3n) is 5.64. The normalized spacial score (nSPS) is 25.8. The first-order valence-corrected chi connectivity index (χ1v) is 11.1. The van der Waals surface area contributed by atoms with Crippen LogP contribution in [0.4, 0.5) is 0 Å². The molecule has 5 atom stereocenters. The van der Waals surface area contributed by atoms with E-state index in [0.29, 0.717) is 30.2 Å². The molecule has 9 heteroatoms. The Bertz CT molecular complexity index is 935. The average Bonchev–Trinajstić information content (AvgIpc) is 2.82. The second-order valence-electron chi connectivity index (χ2n) is 7.98. The van der Waals surface area contributed by atoms with E-state index < -0.39 is 37.1 Å². The van der Waals surface area contributed by atoms with Crippen molar-refractivity contribution in [1.82, 2.24) is 0 Å². The zero-order valence-corrected chi connectivity index (χ0v) is 19.4. The Morgan fingerprint density at radius 2 is 1.76 bits per heavy atom. The number of nitrogens with zero attached hydrogens (tertiary/aromatic N) is 1. The lowest BCUT2D eigenvalue weighted by Gasteiger charge is -2.40. The minimum atomic E-state index is -1.43. The Morgan fingerprint density at radius 1 is 1.03 bits per heavy atom. The van der Waals surface area contributed by atoms with Gasteiger partial charge >= 0.3 is 0 Å². The van der Waals surface area contributed by atoms with Gasteiger partial charge in [0.05, 0.1) is 18.9 Å². The van der Waals surface area contributed by atoms with E-state index in [9.17, 15) is 20.4 Å². The molecule has 1 saturated heterocycles. The predicted octanol–water partition coefficient (Wildman–Crippen LogP) is 1.83. The van der Waals surface area contributed by atoms with Crippen LogP contribution in [0.25, 0.3) is 0 Å². The fourth-order valence-corrected chi connectivity index (χ4v) is 3.87. The van der Waals surface area contributed by atoms with Crippen molar-refractivity contribution in [3.05, 3.63) is 69.7 Å². The minimum Gasteiger partial charge on any atom is -0.394 e. The van der Waals surface area contributed by atoms with Crippen molar-refractivity contribution >= 4 is 17.3 Å². The van der Waals surface area contributed by atoms with Crippen LogP contribution >= 0.6 is 11.6 Å². The van der Waals surface area contributed by atoms with Crippen LogP contribution in [0.2, 0.25) is 5.02 Å². The monoisotopic (exact) mass is 479 g/mol. The molecule has 0 unspecified atom stereocenters. The van der Waals surface area contributed by atoms with Gasteiger partial charge in [0, 0.05) is 12.1 Å². The van der Waals surface area contributed by atoms with Gasteiger partial charge in [0.15, 0.2) is 0 Å². The lowest BCUT2D eigenvalue weighted by atomic mass is 9.90. The highest BCUT2D eigenvalue weighted by molar-refractivity contribution is 6.31. The zero-order valence-electron chi connectivity index (χ0n) is 18.6. The number of methoxy groups -OCH3 is 1. The molecule has 0 radical (unpaired) electrons. The van der Waals surface area contributed by atoms with Gasteiger partial charge in [-0.1, -0.05) is 53.2 Å². The minimum absolute atomic E-state index is 0.384. The number of aliphatic hydroxyl groups is 4. The van der Waals surface area contributed by atoms with Crippen LogP contribution in [-0.2, 0) is 20.7 Å². The number of hydrogen-bond acceptors (Lipinski definition) is 8. The van der Waals surface area contributed by atoms with E-state index in [0.717, 1.165) is 22.4 Å². The number of halogens is 1. The molecular formula is C24H30ClNO7. The highest BCUT2D eigenvalue weighted by Gasteiger charge is 2.44. The second kappa shape index (κ2) is 11.9. The van der Waals surface area contributed by atoms with Crippen LogP contribution in [0.5, 0.6) is 0 Å². The summed E-state index contributed by atoms with van der Waals surface area (Å²) in [5.41, 5.74) is 4.10.